The number of carbonyl (C=O) groups excluding carboxylic acids is 1. The van der Waals surface area contributed by atoms with Crippen molar-refractivity contribution < 1.29 is 14.6 Å². The molecule has 1 aliphatic heterocycles. The lowest BCUT2D eigenvalue weighted by atomic mass is 9.90. The van der Waals surface area contributed by atoms with E-state index in [9.17, 15) is 9.90 Å². The van der Waals surface area contributed by atoms with Crippen molar-refractivity contribution in [2.45, 2.75) is 31.4 Å². The summed E-state index contributed by atoms with van der Waals surface area (Å²) in [7, 11) is 0. The first-order valence-corrected chi connectivity index (χ1v) is 9.06. The van der Waals surface area contributed by atoms with Gasteiger partial charge in [-0.05, 0) is 37.7 Å². The zero-order chi connectivity index (χ0) is 18.4. The fourth-order valence-electron chi connectivity index (χ4n) is 3.25. The minimum Gasteiger partial charge on any atom is -0.477 e. The van der Waals surface area contributed by atoms with Gasteiger partial charge in [0, 0.05) is 12.8 Å². The molecule has 1 atom stereocenters. The Morgan fingerprint density at radius 3 is 2.42 bits per heavy atom. The molecule has 3 rings (SSSR count). The van der Waals surface area contributed by atoms with Crippen molar-refractivity contribution in [3.63, 3.8) is 0 Å². The Balaban J connectivity index is 1.79. The maximum Gasteiger partial charge on any atom is 0.264 e. The second kappa shape index (κ2) is 8.34. The molecule has 0 aliphatic carbocycles. The van der Waals surface area contributed by atoms with Crippen molar-refractivity contribution >= 4 is 5.91 Å². The van der Waals surface area contributed by atoms with Gasteiger partial charge in [-0.15, -0.1) is 0 Å². The Morgan fingerprint density at radius 1 is 1.15 bits per heavy atom. The number of benzene rings is 2. The number of rotatable bonds is 6. The van der Waals surface area contributed by atoms with Crippen LogP contribution in [0.15, 0.2) is 54.6 Å². The topological polar surface area (TPSA) is 70.6 Å². The predicted octanol–water partition coefficient (Wildman–Crippen LogP) is 2.35. The molecule has 1 fully saturated rings. The van der Waals surface area contributed by atoms with Crippen LogP contribution in [0.25, 0.3) is 0 Å². The SMILES string of the molecule is Cc1ccc(OC2(C(=O)N[C@@H](CO)c3ccccc3)CCNCC2)cc1. The van der Waals surface area contributed by atoms with E-state index in [1.54, 1.807) is 0 Å². The Morgan fingerprint density at radius 2 is 1.81 bits per heavy atom. The van der Waals surface area contributed by atoms with Gasteiger partial charge in [-0.25, -0.2) is 0 Å². The lowest BCUT2D eigenvalue weighted by Gasteiger charge is -2.37. The molecule has 2 aromatic carbocycles. The van der Waals surface area contributed by atoms with E-state index in [1.807, 2.05) is 61.5 Å². The van der Waals surface area contributed by atoms with Crippen LogP contribution in [0.4, 0.5) is 0 Å². The number of aliphatic hydroxyl groups excluding tert-OH is 1. The summed E-state index contributed by atoms with van der Waals surface area (Å²) in [5.41, 5.74) is 1.09. The molecule has 1 saturated heterocycles. The zero-order valence-corrected chi connectivity index (χ0v) is 15.1. The van der Waals surface area contributed by atoms with Crippen LogP contribution in [-0.2, 0) is 4.79 Å². The summed E-state index contributed by atoms with van der Waals surface area (Å²) < 4.78 is 6.21. The highest BCUT2D eigenvalue weighted by molar-refractivity contribution is 5.86. The third kappa shape index (κ3) is 4.23. The maximum absolute atomic E-state index is 13.2. The van der Waals surface area contributed by atoms with Gasteiger partial charge in [0.15, 0.2) is 5.60 Å². The minimum atomic E-state index is -0.928. The lowest BCUT2D eigenvalue weighted by molar-refractivity contribution is -0.140. The van der Waals surface area contributed by atoms with E-state index < -0.39 is 11.6 Å². The van der Waals surface area contributed by atoms with Crippen LogP contribution in [0.3, 0.4) is 0 Å². The number of nitrogens with one attached hydrogen (secondary N) is 2. The molecule has 1 heterocycles. The number of hydrogen-bond donors (Lipinski definition) is 3. The number of aliphatic hydroxyl groups is 1. The molecule has 0 unspecified atom stereocenters. The highest BCUT2D eigenvalue weighted by Crippen LogP contribution is 2.28. The van der Waals surface area contributed by atoms with E-state index >= 15 is 0 Å². The third-order valence-corrected chi connectivity index (χ3v) is 4.85. The van der Waals surface area contributed by atoms with Gasteiger partial charge in [-0.3, -0.25) is 4.79 Å². The number of ether oxygens (including phenoxy) is 1. The molecule has 1 amide bonds. The second-order valence-electron chi connectivity index (χ2n) is 6.78. The van der Waals surface area contributed by atoms with Gasteiger partial charge in [-0.2, -0.15) is 0 Å². The van der Waals surface area contributed by atoms with E-state index in [2.05, 4.69) is 10.6 Å². The largest absolute Gasteiger partial charge is 0.477 e. The van der Waals surface area contributed by atoms with E-state index in [0.29, 0.717) is 31.7 Å². The van der Waals surface area contributed by atoms with Crippen LogP contribution in [0.5, 0.6) is 5.75 Å². The predicted molar refractivity (Wildman–Crippen MR) is 101 cm³/mol. The van der Waals surface area contributed by atoms with Crippen molar-refractivity contribution in [1.82, 2.24) is 10.6 Å². The fraction of sp³-hybridized carbons (Fsp3) is 0.381. The summed E-state index contributed by atoms with van der Waals surface area (Å²) in [6.45, 7) is 3.29. The summed E-state index contributed by atoms with van der Waals surface area (Å²) in [4.78, 5) is 13.2. The van der Waals surface area contributed by atoms with Crippen molar-refractivity contribution in [3.05, 3.63) is 65.7 Å². The molecular formula is C21H26N2O3. The highest BCUT2D eigenvalue weighted by atomic mass is 16.5. The molecule has 0 bridgehead atoms. The lowest BCUT2D eigenvalue weighted by Crippen LogP contribution is -2.57. The van der Waals surface area contributed by atoms with Crippen molar-refractivity contribution in [1.29, 1.82) is 0 Å². The van der Waals surface area contributed by atoms with Gasteiger partial charge in [0.25, 0.3) is 5.91 Å². The molecule has 5 heteroatoms. The third-order valence-electron chi connectivity index (χ3n) is 4.85. The standard InChI is InChI=1S/C21H26N2O3/c1-16-7-9-18(10-8-16)26-21(11-13-22-14-12-21)20(25)23-19(15-24)17-5-3-2-4-6-17/h2-10,19,22,24H,11-15H2,1H3,(H,23,25)/t19-/m0/s1. The first-order chi connectivity index (χ1) is 12.6. The quantitative estimate of drug-likeness (QED) is 0.745. The monoisotopic (exact) mass is 354 g/mol. The van der Waals surface area contributed by atoms with Gasteiger partial charge in [-0.1, -0.05) is 48.0 Å². The number of hydrogen-bond acceptors (Lipinski definition) is 4. The molecule has 5 nitrogen and oxygen atoms in total. The average molecular weight is 354 g/mol. The van der Waals surface area contributed by atoms with Crippen LogP contribution < -0.4 is 15.4 Å². The summed E-state index contributed by atoms with van der Waals surface area (Å²) in [5, 5.41) is 16.0. The van der Waals surface area contributed by atoms with Gasteiger partial charge in [0.05, 0.1) is 12.6 Å². The van der Waals surface area contributed by atoms with Crippen LogP contribution in [0.2, 0.25) is 0 Å². The minimum absolute atomic E-state index is 0.158. The molecule has 0 radical (unpaired) electrons. The molecule has 2 aromatic rings. The van der Waals surface area contributed by atoms with E-state index in [1.165, 1.54) is 0 Å². The molecule has 1 aliphatic rings. The molecule has 0 aromatic heterocycles. The molecule has 26 heavy (non-hydrogen) atoms. The first-order valence-electron chi connectivity index (χ1n) is 9.06. The summed E-state index contributed by atoms with van der Waals surface area (Å²) in [6, 6.07) is 16.8. The van der Waals surface area contributed by atoms with Crippen LogP contribution in [-0.4, -0.2) is 36.3 Å². The van der Waals surface area contributed by atoms with Crippen molar-refractivity contribution in [2.24, 2.45) is 0 Å². The average Bonchev–Trinajstić information content (AvgIpc) is 2.69. The van der Waals surface area contributed by atoms with Crippen molar-refractivity contribution in [2.75, 3.05) is 19.7 Å². The molecule has 0 spiro atoms. The zero-order valence-electron chi connectivity index (χ0n) is 15.1. The summed E-state index contributed by atoms with van der Waals surface area (Å²) in [5.74, 6) is 0.510. The number of amides is 1. The Hall–Kier alpha value is -2.37. The molecular weight excluding hydrogens is 328 g/mol. The first kappa shape index (κ1) is 18.4. The number of carbonyl (C=O) groups is 1. The van der Waals surface area contributed by atoms with E-state index in [-0.39, 0.29) is 12.5 Å². The molecule has 138 valence electrons. The van der Waals surface area contributed by atoms with Crippen LogP contribution in [0, 0.1) is 6.92 Å². The van der Waals surface area contributed by atoms with Crippen LogP contribution >= 0.6 is 0 Å². The Kier molecular flexibility index (Phi) is 5.91. The van der Waals surface area contributed by atoms with Crippen LogP contribution in [0.1, 0.15) is 30.0 Å². The van der Waals surface area contributed by atoms with Crippen molar-refractivity contribution in [3.8, 4) is 5.75 Å². The van der Waals surface area contributed by atoms with E-state index in [0.717, 1.165) is 11.1 Å². The molecule has 3 N–H and O–H groups in total. The maximum atomic E-state index is 13.2. The second-order valence-corrected chi connectivity index (χ2v) is 6.78. The summed E-state index contributed by atoms with van der Waals surface area (Å²) in [6.07, 6.45) is 1.17. The highest BCUT2D eigenvalue weighted by Gasteiger charge is 2.42. The molecule has 0 saturated carbocycles. The van der Waals surface area contributed by atoms with Gasteiger partial charge >= 0.3 is 0 Å². The smallest absolute Gasteiger partial charge is 0.264 e. The van der Waals surface area contributed by atoms with Gasteiger partial charge in [0.1, 0.15) is 5.75 Å². The summed E-state index contributed by atoms with van der Waals surface area (Å²) >= 11 is 0. The fourth-order valence-corrected chi connectivity index (χ4v) is 3.25. The van der Waals surface area contributed by atoms with Gasteiger partial charge in [0.2, 0.25) is 0 Å². The Bertz CT molecular complexity index is 710. The Labute approximate surface area is 154 Å². The normalized spacial score (nSPS) is 17.3. The van der Waals surface area contributed by atoms with E-state index in [4.69, 9.17) is 4.74 Å². The number of aryl methyl sites for hydroxylation is 1. The number of piperidine rings is 1. The van der Waals surface area contributed by atoms with Gasteiger partial charge < -0.3 is 20.5 Å².